The molecule has 4 nitrogen and oxygen atoms in total. The first-order valence-corrected chi connectivity index (χ1v) is 9.91. The number of carbonyl (C=O) groups is 1. The highest BCUT2D eigenvalue weighted by Crippen LogP contribution is 2.21. The lowest BCUT2D eigenvalue weighted by molar-refractivity contribution is -0.152. The molecule has 3 atom stereocenters. The van der Waals surface area contributed by atoms with E-state index in [4.69, 9.17) is 14.2 Å². The van der Waals surface area contributed by atoms with Crippen LogP contribution in [-0.2, 0) is 31.8 Å². The Morgan fingerprint density at radius 1 is 0.857 bits per heavy atom. The monoisotopic (exact) mass is 384 g/mol. The third kappa shape index (κ3) is 7.55. The van der Waals surface area contributed by atoms with Crippen LogP contribution in [0.15, 0.2) is 60.7 Å². The van der Waals surface area contributed by atoms with Gasteiger partial charge in [0, 0.05) is 13.0 Å². The van der Waals surface area contributed by atoms with Gasteiger partial charge in [0.2, 0.25) is 0 Å². The van der Waals surface area contributed by atoms with Gasteiger partial charge in [-0.15, -0.1) is 0 Å². The summed E-state index contributed by atoms with van der Waals surface area (Å²) < 4.78 is 16.3. The second-order valence-electron chi connectivity index (χ2n) is 7.27. The van der Waals surface area contributed by atoms with Crippen LogP contribution in [-0.4, -0.2) is 39.0 Å². The van der Waals surface area contributed by atoms with Crippen molar-refractivity contribution in [1.29, 1.82) is 0 Å². The number of rotatable bonds is 13. The lowest BCUT2D eigenvalue weighted by Gasteiger charge is -2.26. The van der Waals surface area contributed by atoms with E-state index in [-0.39, 0.29) is 24.4 Å². The van der Waals surface area contributed by atoms with Crippen molar-refractivity contribution in [3.8, 4) is 0 Å². The van der Waals surface area contributed by atoms with Crippen molar-refractivity contribution in [2.45, 2.75) is 32.8 Å². The van der Waals surface area contributed by atoms with E-state index in [0.717, 1.165) is 12.0 Å². The van der Waals surface area contributed by atoms with Crippen LogP contribution in [0, 0.1) is 11.8 Å². The fraction of sp³-hybridized carbons (Fsp3) is 0.458. The number of carbonyl (C=O) groups excluding carboxylic acids is 1. The van der Waals surface area contributed by atoms with E-state index in [1.165, 1.54) is 5.56 Å². The molecule has 0 aliphatic heterocycles. The number of ether oxygens (including phenoxy) is 3. The zero-order chi connectivity index (χ0) is 20.2. The molecule has 0 radical (unpaired) electrons. The van der Waals surface area contributed by atoms with Crippen molar-refractivity contribution in [2.75, 3.05) is 27.1 Å². The SMILES string of the molecule is COCCOCO[C@H](C(=O)[C@H](C)Cc1ccccc1)C(C)Cc1ccccc1. The van der Waals surface area contributed by atoms with Gasteiger partial charge >= 0.3 is 0 Å². The summed E-state index contributed by atoms with van der Waals surface area (Å²) in [4.78, 5) is 13.2. The Labute approximate surface area is 168 Å². The molecule has 1 unspecified atom stereocenters. The van der Waals surface area contributed by atoms with Gasteiger partial charge in [-0.3, -0.25) is 4.79 Å². The van der Waals surface area contributed by atoms with Crippen LogP contribution >= 0.6 is 0 Å². The van der Waals surface area contributed by atoms with Crippen LogP contribution in [0.1, 0.15) is 25.0 Å². The van der Waals surface area contributed by atoms with Crippen molar-refractivity contribution >= 4 is 5.78 Å². The molecule has 0 amide bonds. The second kappa shape index (κ2) is 12.4. The van der Waals surface area contributed by atoms with Crippen LogP contribution in [0.4, 0.5) is 0 Å². The summed E-state index contributed by atoms with van der Waals surface area (Å²) in [7, 11) is 1.63. The van der Waals surface area contributed by atoms with Crippen molar-refractivity contribution < 1.29 is 19.0 Å². The highest BCUT2D eigenvalue weighted by atomic mass is 16.7. The summed E-state index contributed by atoms with van der Waals surface area (Å²) in [6, 6.07) is 20.3. The summed E-state index contributed by atoms with van der Waals surface area (Å²) in [6.07, 6.45) is 0.997. The zero-order valence-corrected chi connectivity index (χ0v) is 17.2. The maximum Gasteiger partial charge on any atom is 0.165 e. The maximum absolute atomic E-state index is 13.2. The van der Waals surface area contributed by atoms with Gasteiger partial charge in [-0.05, 0) is 29.9 Å². The van der Waals surface area contributed by atoms with E-state index in [1.54, 1.807) is 7.11 Å². The minimum Gasteiger partial charge on any atom is -0.382 e. The summed E-state index contributed by atoms with van der Waals surface area (Å²) in [6.45, 7) is 5.10. The molecule has 0 bridgehead atoms. The molecule has 152 valence electrons. The Hall–Kier alpha value is -2.01. The van der Waals surface area contributed by atoms with Gasteiger partial charge in [0.25, 0.3) is 0 Å². The third-order valence-corrected chi connectivity index (χ3v) is 4.83. The van der Waals surface area contributed by atoms with Crippen molar-refractivity contribution in [3.05, 3.63) is 71.8 Å². The molecule has 0 fully saturated rings. The largest absolute Gasteiger partial charge is 0.382 e. The van der Waals surface area contributed by atoms with Crippen molar-refractivity contribution in [3.63, 3.8) is 0 Å². The lowest BCUT2D eigenvalue weighted by Crippen LogP contribution is -2.37. The first-order valence-electron chi connectivity index (χ1n) is 9.91. The van der Waals surface area contributed by atoms with Crippen LogP contribution < -0.4 is 0 Å². The number of hydrogen-bond acceptors (Lipinski definition) is 4. The number of ketones is 1. The molecule has 0 N–H and O–H groups in total. The molecular weight excluding hydrogens is 352 g/mol. The zero-order valence-electron chi connectivity index (χ0n) is 17.2. The van der Waals surface area contributed by atoms with E-state index < -0.39 is 6.10 Å². The van der Waals surface area contributed by atoms with E-state index in [0.29, 0.717) is 19.6 Å². The predicted octanol–water partition coefficient (Wildman–Crippen LogP) is 4.32. The summed E-state index contributed by atoms with van der Waals surface area (Å²) in [5.74, 6) is 0.0615. The Bertz CT molecular complexity index is 672. The molecule has 0 aromatic heterocycles. The van der Waals surface area contributed by atoms with Crippen LogP contribution in [0.5, 0.6) is 0 Å². The predicted molar refractivity (Wildman–Crippen MR) is 111 cm³/mol. The number of methoxy groups -OCH3 is 1. The maximum atomic E-state index is 13.2. The molecule has 0 saturated heterocycles. The highest BCUT2D eigenvalue weighted by Gasteiger charge is 2.30. The Morgan fingerprint density at radius 2 is 1.43 bits per heavy atom. The Balaban J connectivity index is 2.01. The first-order chi connectivity index (χ1) is 13.6. The molecule has 2 aromatic carbocycles. The number of hydrogen-bond donors (Lipinski definition) is 0. The summed E-state index contributed by atoms with van der Waals surface area (Å²) in [5, 5.41) is 0. The minimum atomic E-state index is -0.499. The Morgan fingerprint density at radius 3 is 2.00 bits per heavy atom. The van der Waals surface area contributed by atoms with E-state index >= 15 is 0 Å². The van der Waals surface area contributed by atoms with Crippen LogP contribution in [0.2, 0.25) is 0 Å². The molecule has 2 rings (SSSR count). The quantitative estimate of drug-likeness (QED) is 0.381. The van der Waals surface area contributed by atoms with E-state index in [2.05, 4.69) is 31.2 Å². The normalized spacial score (nSPS) is 14.4. The molecule has 28 heavy (non-hydrogen) atoms. The average molecular weight is 385 g/mol. The molecule has 0 heterocycles. The fourth-order valence-corrected chi connectivity index (χ4v) is 3.29. The van der Waals surface area contributed by atoms with Crippen molar-refractivity contribution in [1.82, 2.24) is 0 Å². The number of benzene rings is 2. The van der Waals surface area contributed by atoms with Gasteiger partial charge in [0.15, 0.2) is 5.78 Å². The fourth-order valence-electron chi connectivity index (χ4n) is 3.29. The molecule has 0 spiro atoms. The Kier molecular flexibility index (Phi) is 9.91. The van der Waals surface area contributed by atoms with Gasteiger partial charge in [-0.25, -0.2) is 0 Å². The van der Waals surface area contributed by atoms with Crippen molar-refractivity contribution in [2.24, 2.45) is 11.8 Å². The minimum absolute atomic E-state index is 0.0548. The number of Topliss-reactive ketones (excluding diaryl/α,β-unsaturated/α-hetero) is 1. The first kappa shape index (κ1) is 22.3. The van der Waals surface area contributed by atoms with Gasteiger partial charge in [0.1, 0.15) is 12.9 Å². The smallest absolute Gasteiger partial charge is 0.165 e. The average Bonchev–Trinajstić information content (AvgIpc) is 2.71. The van der Waals surface area contributed by atoms with Gasteiger partial charge in [-0.2, -0.15) is 0 Å². The lowest BCUT2D eigenvalue weighted by atomic mass is 9.86. The van der Waals surface area contributed by atoms with E-state index in [1.807, 2.05) is 43.3 Å². The van der Waals surface area contributed by atoms with Crippen LogP contribution in [0.3, 0.4) is 0 Å². The van der Waals surface area contributed by atoms with Gasteiger partial charge < -0.3 is 14.2 Å². The summed E-state index contributed by atoms with van der Waals surface area (Å²) in [5.41, 5.74) is 2.36. The van der Waals surface area contributed by atoms with E-state index in [9.17, 15) is 4.79 Å². The molecule has 0 aliphatic carbocycles. The summed E-state index contributed by atoms with van der Waals surface area (Å²) >= 11 is 0. The molecule has 0 aliphatic rings. The molecule has 4 heteroatoms. The third-order valence-electron chi connectivity index (χ3n) is 4.83. The molecule has 2 aromatic rings. The second-order valence-corrected chi connectivity index (χ2v) is 7.27. The highest BCUT2D eigenvalue weighted by molar-refractivity contribution is 5.85. The molecule has 0 saturated carbocycles. The molecular formula is C24H32O4. The van der Waals surface area contributed by atoms with Gasteiger partial charge in [0.05, 0.1) is 13.2 Å². The van der Waals surface area contributed by atoms with Crippen LogP contribution in [0.25, 0.3) is 0 Å². The van der Waals surface area contributed by atoms with Gasteiger partial charge in [-0.1, -0.05) is 74.5 Å². The standard InChI is InChI=1S/C24H32O4/c1-19(16-21-10-6-4-7-11-21)23(25)24(28-18-27-15-14-26-3)20(2)17-22-12-8-5-9-13-22/h4-13,19-20,24H,14-18H2,1-3H3/t19-,20?,24+/m1/s1. The topological polar surface area (TPSA) is 44.8 Å².